The van der Waals surface area contributed by atoms with Crippen molar-refractivity contribution < 1.29 is 12.8 Å². The van der Waals surface area contributed by atoms with Gasteiger partial charge in [0.25, 0.3) is 0 Å². The van der Waals surface area contributed by atoms with E-state index in [1.165, 1.54) is 18.3 Å². The third-order valence-corrected chi connectivity index (χ3v) is 6.14. The molecule has 2 N–H and O–H groups in total. The van der Waals surface area contributed by atoms with E-state index in [1.54, 1.807) is 42.7 Å². The number of hydrogen-bond acceptors (Lipinski definition) is 6. The van der Waals surface area contributed by atoms with Gasteiger partial charge in [-0.15, -0.1) is 0 Å². The predicted molar refractivity (Wildman–Crippen MR) is 117 cm³/mol. The van der Waals surface area contributed by atoms with Crippen molar-refractivity contribution in [1.82, 2.24) is 20.2 Å². The summed E-state index contributed by atoms with van der Waals surface area (Å²) in [6.45, 7) is 0. The largest absolute Gasteiger partial charge is 0.340 e. The zero-order valence-electron chi connectivity index (χ0n) is 16.3. The molecule has 0 amide bonds. The second kappa shape index (κ2) is 7.13. The Morgan fingerprint density at radius 1 is 0.968 bits per heavy atom. The topological polar surface area (TPSA) is 101 Å². The average Bonchev–Trinajstić information content (AvgIpc) is 3.23. The molecule has 0 radical (unpaired) electrons. The number of halogens is 1. The highest BCUT2D eigenvalue weighted by atomic mass is 32.2. The Kier molecular flexibility index (Phi) is 4.40. The van der Waals surface area contributed by atoms with Crippen LogP contribution in [0.25, 0.3) is 32.9 Å². The molecular formula is C22H16FN5O2S. The summed E-state index contributed by atoms with van der Waals surface area (Å²) in [4.78, 5) is 9.07. The molecule has 0 aliphatic heterocycles. The van der Waals surface area contributed by atoms with Gasteiger partial charge in [0.1, 0.15) is 11.6 Å². The van der Waals surface area contributed by atoms with Crippen molar-refractivity contribution in [2.75, 3.05) is 11.6 Å². The van der Waals surface area contributed by atoms with Gasteiger partial charge in [-0.2, -0.15) is 5.10 Å². The zero-order valence-corrected chi connectivity index (χ0v) is 17.1. The molecule has 0 aliphatic rings. The Labute approximate surface area is 176 Å². The molecule has 31 heavy (non-hydrogen) atoms. The van der Waals surface area contributed by atoms with Crippen LogP contribution in [0.4, 0.5) is 15.9 Å². The summed E-state index contributed by atoms with van der Waals surface area (Å²) in [5, 5.41) is 11.8. The number of benzene rings is 2. The van der Waals surface area contributed by atoms with Gasteiger partial charge in [-0.25, -0.2) is 17.8 Å². The highest BCUT2D eigenvalue weighted by Gasteiger charge is 2.15. The van der Waals surface area contributed by atoms with Crippen LogP contribution in [0.3, 0.4) is 0 Å². The molecule has 0 fully saturated rings. The molecule has 0 atom stereocenters. The maximum atomic E-state index is 15.1. The van der Waals surface area contributed by atoms with Crippen molar-refractivity contribution in [3.8, 4) is 11.3 Å². The zero-order chi connectivity index (χ0) is 21.6. The van der Waals surface area contributed by atoms with Crippen LogP contribution in [0, 0.1) is 5.82 Å². The highest BCUT2D eigenvalue weighted by molar-refractivity contribution is 7.90. The van der Waals surface area contributed by atoms with Gasteiger partial charge in [0.15, 0.2) is 9.84 Å². The molecule has 0 unspecified atom stereocenters. The van der Waals surface area contributed by atoms with Gasteiger partial charge in [-0.1, -0.05) is 0 Å². The van der Waals surface area contributed by atoms with E-state index in [9.17, 15) is 8.42 Å². The molecule has 2 aromatic carbocycles. The quantitative estimate of drug-likeness (QED) is 0.434. The number of aromatic amines is 1. The van der Waals surface area contributed by atoms with Crippen LogP contribution in [-0.4, -0.2) is 34.8 Å². The fourth-order valence-corrected chi connectivity index (χ4v) is 4.08. The van der Waals surface area contributed by atoms with Gasteiger partial charge in [0.2, 0.25) is 0 Å². The SMILES string of the molecule is CS(=O)(=O)c1ccc(Nc2cc3c(-c4ccc5[nH]ncc5c4F)nccc3cn2)cc1. The Morgan fingerprint density at radius 3 is 2.55 bits per heavy atom. The number of rotatable bonds is 4. The van der Waals surface area contributed by atoms with E-state index in [0.717, 1.165) is 17.0 Å². The molecule has 0 saturated carbocycles. The third kappa shape index (κ3) is 3.49. The van der Waals surface area contributed by atoms with E-state index in [0.29, 0.717) is 33.7 Å². The fourth-order valence-electron chi connectivity index (χ4n) is 3.45. The molecule has 0 saturated heterocycles. The number of nitrogens with one attached hydrogen (secondary N) is 2. The molecule has 0 aliphatic carbocycles. The van der Waals surface area contributed by atoms with Gasteiger partial charge >= 0.3 is 0 Å². The first kappa shape index (κ1) is 19.1. The summed E-state index contributed by atoms with van der Waals surface area (Å²) in [6, 6.07) is 13.4. The smallest absolute Gasteiger partial charge is 0.175 e. The summed E-state index contributed by atoms with van der Waals surface area (Å²) >= 11 is 0. The number of pyridine rings is 2. The number of H-pyrrole nitrogens is 1. The minimum absolute atomic E-state index is 0.237. The van der Waals surface area contributed by atoms with E-state index in [4.69, 9.17) is 0 Å². The summed E-state index contributed by atoms with van der Waals surface area (Å²) in [5.41, 5.74) is 2.16. The van der Waals surface area contributed by atoms with E-state index in [2.05, 4.69) is 25.5 Å². The minimum Gasteiger partial charge on any atom is -0.340 e. The Morgan fingerprint density at radius 2 is 1.77 bits per heavy atom. The lowest BCUT2D eigenvalue weighted by Crippen LogP contribution is -1.98. The molecule has 3 aromatic heterocycles. The molecule has 154 valence electrons. The summed E-state index contributed by atoms with van der Waals surface area (Å²) in [5.74, 6) is 0.132. The van der Waals surface area contributed by atoms with Gasteiger partial charge in [0.05, 0.1) is 27.7 Å². The summed E-state index contributed by atoms with van der Waals surface area (Å²) < 4.78 is 38.4. The summed E-state index contributed by atoms with van der Waals surface area (Å²) in [6.07, 6.45) is 5.92. The standard InChI is InChI=1S/C22H16FN5O2S/c1-31(29,30)15-4-2-14(3-5-15)27-20-10-17-13(11-25-20)8-9-24-22(17)16-6-7-19-18(21(16)23)12-26-28-19/h2-12H,1H3,(H,25,27)(H,26,28). The minimum atomic E-state index is -3.27. The van der Waals surface area contributed by atoms with Crippen LogP contribution in [0.1, 0.15) is 0 Å². The number of fused-ring (bicyclic) bond motifs is 2. The average molecular weight is 433 g/mol. The summed E-state index contributed by atoms with van der Waals surface area (Å²) in [7, 11) is -3.27. The Bertz CT molecular complexity index is 1550. The lowest BCUT2D eigenvalue weighted by atomic mass is 10.0. The van der Waals surface area contributed by atoms with E-state index in [-0.39, 0.29) is 4.90 Å². The van der Waals surface area contributed by atoms with Gasteiger partial charge < -0.3 is 5.32 Å². The molecular weight excluding hydrogens is 417 g/mol. The van der Waals surface area contributed by atoms with Crippen molar-refractivity contribution in [1.29, 1.82) is 0 Å². The normalized spacial score (nSPS) is 11.8. The van der Waals surface area contributed by atoms with Crippen LogP contribution in [0.5, 0.6) is 0 Å². The second-order valence-electron chi connectivity index (χ2n) is 7.13. The number of nitrogens with zero attached hydrogens (tertiary/aromatic N) is 3. The molecule has 5 aromatic rings. The predicted octanol–water partition coefficient (Wildman–Crippen LogP) is 4.46. The lowest BCUT2D eigenvalue weighted by Gasteiger charge is -2.10. The van der Waals surface area contributed by atoms with Gasteiger partial charge in [-0.3, -0.25) is 10.1 Å². The highest BCUT2D eigenvalue weighted by Crippen LogP contribution is 2.32. The third-order valence-electron chi connectivity index (χ3n) is 5.02. The maximum absolute atomic E-state index is 15.1. The van der Waals surface area contributed by atoms with Crippen LogP contribution < -0.4 is 5.32 Å². The molecule has 0 bridgehead atoms. The van der Waals surface area contributed by atoms with E-state index < -0.39 is 15.7 Å². The first-order valence-corrected chi connectivity index (χ1v) is 11.2. The van der Waals surface area contributed by atoms with Crippen LogP contribution >= 0.6 is 0 Å². The Balaban J connectivity index is 1.57. The van der Waals surface area contributed by atoms with Crippen molar-refractivity contribution in [3.05, 3.63) is 72.9 Å². The molecule has 3 heterocycles. The van der Waals surface area contributed by atoms with Crippen LogP contribution in [0.15, 0.2) is 72.0 Å². The van der Waals surface area contributed by atoms with Crippen molar-refractivity contribution in [2.45, 2.75) is 4.90 Å². The molecule has 7 nitrogen and oxygen atoms in total. The monoisotopic (exact) mass is 433 g/mol. The first-order valence-electron chi connectivity index (χ1n) is 9.34. The molecule has 5 rings (SSSR count). The van der Waals surface area contributed by atoms with Gasteiger partial charge in [-0.05, 0) is 48.5 Å². The first-order chi connectivity index (χ1) is 14.9. The van der Waals surface area contributed by atoms with Crippen LogP contribution in [0.2, 0.25) is 0 Å². The number of sulfone groups is 1. The van der Waals surface area contributed by atoms with Crippen LogP contribution in [-0.2, 0) is 9.84 Å². The molecule has 9 heteroatoms. The van der Waals surface area contributed by atoms with E-state index >= 15 is 4.39 Å². The second-order valence-corrected chi connectivity index (χ2v) is 9.15. The number of aromatic nitrogens is 4. The fraction of sp³-hybridized carbons (Fsp3) is 0.0455. The molecule has 0 spiro atoms. The van der Waals surface area contributed by atoms with Gasteiger partial charge in [0, 0.05) is 40.7 Å². The van der Waals surface area contributed by atoms with Crippen molar-refractivity contribution in [2.24, 2.45) is 0 Å². The van der Waals surface area contributed by atoms with Crippen molar-refractivity contribution in [3.63, 3.8) is 0 Å². The number of hydrogen-bond donors (Lipinski definition) is 2. The van der Waals surface area contributed by atoms with Crippen molar-refractivity contribution >= 4 is 43.0 Å². The number of anilines is 2. The Hall–Kier alpha value is -3.85. The lowest BCUT2D eigenvalue weighted by molar-refractivity contribution is 0.602. The maximum Gasteiger partial charge on any atom is 0.175 e. The van der Waals surface area contributed by atoms with E-state index in [1.807, 2.05) is 6.07 Å².